The molecule has 5 heteroatoms. The number of hydrogen-bond donors (Lipinski definition) is 1. The molecule has 2 amide bonds. The van der Waals surface area contributed by atoms with Crippen LogP contribution in [0, 0.1) is 11.3 Å². The van der Waals surface area contributed by atoms with Crippen LogP contribution >= 0.6 is 11.8 Å². The molecule has 1 aliphatic heterocycles. The van der Waals surface area contributed by atoms with Crippen molar-refractivity contribution in [2.24, 2.45) is 11.3 Å². The van der Waals surface area contributed by atoms with Crippen molar-refractivity contribution in [1.82, 2.24) is 0 Å². The second-order valence-electron chi connectivity index (χ2n) is 10.4. The first-order valence-electron chi connectivity index (χ1n) is 11.5. The minimum atomic E-state index is -0.161. The van der Waals surface area contributed by atoms with Crippen LogP contribution < -0.4 is 10.2 Å². The first-order valence-corrected chi connectivity index (χ1v) is 12.5. The topological polar surface area (TPSA) is 49.4 Å². The number of thioether (sulfide) groups is 1. The Labute approximate surface area is 197 Å². The highest BCUT2D eigenvalue weighted by Gasteiger charge is 2.36. The Kier molecular flexibility index (Phi) is 7.71. The van der Waals surface area contributed by atoms with Gasteiger partial charge in [-0.1, -0.05) is 77.9 Å². The van der Waals surface area contributed by atoms with Crippen molar-refractivity contribution in [3.63, 3.8) is 0 Å². The molecule has 2 aromatic rings. The molecule has 2 atom stereocenters. The lowest BCUT2D eigenvalue weighted by atomic mass is 9.84. The molecule has 0 radical (unpaired) electrons. The summed E-state index contributed by atoms with van der Waals surface area (Å²) in [5.74, 6) is 1.18. The summed E-state index contributed by atoms with van der Waals surface area (Å²) < 4.78 is 0. The highest BCUT2D eigenvalue weighted by Crippen LogP contribution is 2.46. The molecule has 2 aromatic carbocycles. The van der Waals surface area contributed by atoms with Crippen LogP contribution in [0.15, 0.2) is 48.5 Å². The lowest BCUT2D eigenvalue weighted by Gasteiger charge is -2.29. The van der Waals surface area contributed by atoms with Crippen molar-refractivity contribution in [1.29, 1.82) is 0 Å². The smallest absolute Gasteiger partial charge is 0.238 e. The normalized spacial score (nSPS) is 17.7. The minimum absolute atomic E-state index is 0.0256. The number of carbonyl (C=O) groups is 2. The molecule has 0 unspecified atom stereocenters. The second kappa shape index (κ2) is 10.1. The van der Waals surface area contributed by atoms with Gasteiger partial charge < -0.3 is 5.32 Å². The average molecular weight is 453 g/mol. The molecule has 1 N–H and O–H groups in total. The molecule has 0 aliphatic carbocycles. The van der Waals surface area contributed by atoms with E-state index in [-0.39, 0.29) is 22.6 Å². The van der Waals surface area contributed by atoms with E-state index in [4.69, 9.17) is 0 Å². The zero-order valence-corrected chi connectivity index (χ0v) is 21.0. The summed E-state index contributed by atoms with van der Waals surface area (Å²) in [4.78, 5) is 27.7. The first kappa shape index (κ1) is 24.4. The van der Waals surface area contributed by atoms with E-state index in [2.05, 4.69) is 52.9 Å². The van der Waals surface area contributed by atoms with Crippen molar-refractivity contribution in [3.8, 4) is 0 Å². The Hall–Kier alpha value is -2.27. The zero-order valence-electron chi connectivity index (χ0n) is 20.1. The molecule has 1 saturated heterocycles. The predicted octanol–water partition coefficient (Wildman–Crippen LogP) is 6.99. The number of benzene rings is 2. The molecular weight excluding hydrogens is 416 g/mol. The molecule has 0 bridgehead atoms. The Balaban J connectivity index is 1.86. The summed E-state index contributed by atoms with van der Waals surface area (Å²) in [5, 5.41) is 2.98. The van der Waals surface area contributed by atoms with Gasteiger partial charge in [0.2, 0.25) is 11.8 Å². The Morgan fingerprint density at radius 3 is 2.44 bits per heavy atom. The first-order chi connectivity index (χ1) is 15.1. The SMILES string of the molecule is CC(C)c1ccccc1N1C(=O)CS[C@@H]1c1ccccc1NC(=O)C[C@@H](C)CC(C)(C)C. The number of nitrogens with zero attached hydrogens (tertiary/aromatic N) is 1. The third-order valence-electron chi connectivity index (χ3n) is 5.68. The maximum absolute atomic E-state index is 13.0. The van der Waals surface area contributed by atoms with Gasteiger partial charge in [-0.05, 0) is 41.4 Å². The van der Waals surface area contributed by atoms with E-state index in [1.54, 1.807) is 11.8 Å². The number of nitrogens with one attached hydrogen (secondary N) is 1. The fourth-order valence-corrected chi connectivity index (χ4v) is 5.78. The average Bonchev–Trinajstić information content (AvgIpc) is 3.07. The highest BCUT2D eigenvalue weighted by atomic mass is 32.2. The quantitative estimate of drug-likeness (QED) is 0.492. The number of hydrogen-bond acceptors (Lipinski definition) is 3. The van der Waals surface area contributed by atoms with E-state index >= 15 is 0 Å². The van der Waals surface area contributed by atoms with Crippen molar-refractivity contribution in [2.45, 2.75) is 65.7 Å². The van der Waals surface area contributed by atoms with Gasteiger partial charge in [0.15, 0.2) is 0 Å². The summed E-state index contributed by atoms with van der Waals surface area (Å²) in [6, 6.07) is 16.0. The molecular formula is C27H36N2O2S. The molecule has 1 heterocycles. The number of amides is 2. The van der Waals surface area contributed by atoms with Crippen molar-refractivity contribution in [2.75, 3.05) is 16.0 Å². The molecule has 3 rings (SSSR count). The monoisotopic (exact) mass is 452 g/mol. The largest absolute Gasteiger partial charge is 0.326 e. The van der Waals surface area contributed by atoms with Gasteiger partial charge in [0.1, 0.15) is 5.37 Å². The Morgan fingerprint density at radius 2 is 1.75 bits per heavy atom. The molecule has 32 heavy (non-hydrogen) atoms. The fourth-order valence-electron chi connectivity index (χ4n) is 4.57. The third kappa shape index (κ3) is 5.94. The molecule has 0 saturated carbocycles. The van der Waals surface area contributed by atoms with Crippen molar-refractivity contribution in [3.05, 3.63) is 59.7 Å². The van der Waals surface area contributed by atoms with Gasteiger partial charge in [0.25, 0.3) is 0 Å². The third-order valence-corrected chi connectivity index (χ3v) is 6.88. The number of carbonyl (C=O) groups excluding carboxylic acids is 2. The minimum Gasteiger partial charge on any atom is -0.326 e. The van der Waals surface area contributed by atoms with Gasteiger partial charge in [0, 0.05) is 23.4 Å². The summed E-state index contributed by atoms with van der Waals surface area (Å²) in [7, 11) is 0. The van der Waals surface area contributed by atoms with Crippen LogP contribution in [0.4, 0.5) is 11.4 Å². The van der Waals surface area contributed by atoms with E-state index in [0.717, 1.165) is 28.9 Å². The van der Waals surface area contributed by atoms with Crippen LogP contribution in [-0.4, -0.2) is 17.6 Å². The lowest BCUT2D eigenvalue weighted by molar-refractivity contribution is -0.117. The van der Waals surface area contributed by atoms with Crippen molar-refractivity contribution < 1.29 is 9.59 Å². The molecule has 172 valence electrons. The molecule has 1 aliphatic rings. The van der Waals surface area contributed by atoms with Crippen molar-refractivity contribution >= 4 is 35.0 Å². The highest BCUT2D eigenvalue weighted by molar-refractivity contribution is 8.00. The van der Waals surface area contributed by atoms with Crippen LogP contribution in [0.1, 0.15) is 76.8 Å². The van der Waals surface area contributed by atoms with E-state index in [1.165, 1.54) is 0 Å². The number of anilines is 2. The lowest BCUT2D eigenvalue weighted by Crippen LogP contribution is -2.29. The summed E-state index contributed by atoms with van der Waals surface area (Å²) >= 11 is 1.62. The zero-order chi connectivity index (χ0) is 23.5. The molecule has 4 nitrogen and oxygen atoms in total. The van der Waals surface area contributed by atoms with Gasteiger partial charge >= 0.3 is 0 Å². The molecule has 0 aromatic heterocycles. The van der Waals surface area contributed by atoms with Gasteiger partial charge in [-0.25, -0.2) is 0 Å². The molecule has 1 fully saturated rings. The van der Waals surface area contributed by atoms with Gasteiger partial charge in [-0.2, -0.15) is 0 Å². The van der Waals surface area contributed by atoms with E-state index in [1.807, 2.05) is 47.4 Å². The van der Waals surface area contributed by atoms with Crippen LogP contribution in [0.5, 0.6) is 0 Å². The van der Waals surface area contributed by atoms with Gasteiger partial charge in [-0.15, -0.1) is 11.8 Å². The number of rotatable bonds is 7. The predicted molar refractivity (Wildman–Crippen MR) is 136 cm³/mol. The van der Waals surface area contributed by atoms with E-state index in [0.29, 0.717) is 24.0 Å². The summed E-state index contributed by atoms with van der Waals surface area (Å²) in [6.45, 7) is 13.0. The van der Waals surface area contributed by atoms with Gasteiger partial charge in [0.05, 0.1) is 5.75 Å². The number of para-hydroxylation sites is 2. The fraction of sp³-hybridized carbons (Fsp3) is 0.481. The maximum atomic E-state index is 13.0. The Morgan fingerprint density at radius 1 is 1.09 bits per heavy atom. The van der Waals surface area contributed by atoms with E-state index in [9.17, 15) is 9.59 Å². The maximum Gasteiger partial charge on any atom is 0.238 e. The van der Waals surface area contributed by atoms with Crippen LogP contribution in [0.25, 0.3) is 0 Å². The van der Waals surface area contributed by atoms with E-state index < -0.39 is 0 Å². The Bertz CT molecular complexity index is 964. The summed E-state index contributed by atoms with van der Waals surface area (Å²) in [5.41, 5.74) is 4.08. The standard InChI is InChI=1S/C27H36N2O2S/c1-18(2)20-11-8-10-14-23(20)29-25(31)17-32-26(29)21-12-7-9-13-22(21)28-24(30)15-19(3)16-27(4,5)6/h7-14,18-19,26H,15-17H2,1-6H3,(H,28,30)/t19-,26-/m1/s1. The molecule has 0 spiro atoms. The second-order valence-corrected chi connectivity index (χ2v) is 11.4. The van der Waals surface area contributed by atoms with Crippen LogP contribution in [0.2, 0.25) is 0 Å². The van der Waals surface area contributed by atoms with Gasteiger partial charge in [-0.3, -0.25) is 14.5 Å². The van der Waals surface area contributed by atoms with Crippen LogP contribution in [0.3, 0.4) is 0 Å². The van der Waals surface area contributed by atoms with Crippen LogP contribution in [-0.2, 0) is 9.59 Å². The summed E-state index contributed by atoms with van der Waals surface area (Å²) in [6.07, 6.45) is 1.48.